The van der Waals surface area contributed by atoms with Crippen LogP contribution in [0.1, 0.15) is 13.8 Å². The zero-order valence-corrected chi connectivity index (χ0v) is 5.73. The van der Waals surface area contributed by atoms with Gasteiger partial charge in [0.1, 0.15) is 0 Å². The molecule has 0 saturated heterocycles. The van der Waals surface area contributed by atoms with Gasteiger partial charge in [0.05, 0.1) is 0 Å². The molecule has 0 fully saturated rings. The zero-order chi connectivity index (χ0) is 6.57. The Bertz CT molecular complexity index is 84.5. The maximum Gasteiger partial charge on any atom is 0.0214 e. The zero-order valence-electron chi connectivity index (χ0n) is 5.73. The van der Waals surface area contributed by atoms with Crippen LogP contribution in [0.5, 0.6) is 0 Å². The highest BCUT2D eigenvalue weighted by atomic mass is 14.8. The Morgan fingerprint density at radius 2 is 2.25 bits per heavy atom. The van der Waals surface area contributed by atoms with E-state index in [9.17, 15) is 0 Å². The molecular formula is C6H14N2. The van der Waals surface area contributed by atoms with Crippen LogP contribution in [0.3, 0.4) is 0 Å². The summed E-state index contributed by atoms with van der Waals surface area (Å²) in [5.74, 6) is 0. The Kier molecular flexibility index (Phi) is 3.28. The lowest BCUT2D eigenvalue weighted by molar-refractivity contribution is 0.878. The third-order valence-electron chi connectivity index (χ3n) is 0.907. The van der Waals surface area contributed by atoms with Gasteiger partial charge in [0.25, 0.3) is 0 Å². The number of rotatable bonds is 2. The molecule has 0 aliphatic carbocycles. The van der Waals surface area contributed by atoms with Gasteiger partial charge in [-0.25, -0.2) is 0 Å². The molecule has 0 rings (SSSR count). The first-order valence-electron chi connectivity index (χ1n) is 2.78. The Labute approximate surface area is 50.8 Å². The van der Waals surface area contributed by atoms with Gasteiger partial charge in [-0.1, -0.05) is 0 Å². The summed E-state index contributed by atoms with van der Waals surface area (Å²) in [5.41, 5.74) is 6.58. The summed E-state index contributed by atoms with van der Waals surface area (Å²) in [6.07, 6.45) is 1.97. The van der Waals surface area contributed by atoms with Gasteiger partial charge in [-0.2, -0.15) is 0 Å². The summed E-state index contributed by atoms with van der Waals surface area (Å²) in [5, 5.41) is 2.98. The van der Waals surface area contributed by atoms with Gasteiger partial charge in [0.2, 0.25) is 0 Å². The highest BCUT2D eigenvalue weighted by Gasteiger charge is 1.85. The average molecular weight is 114 g/mol. The van der Waals surface area contributed by atoms with E-state index in [-0.39, 0.29) is 6.04 Å². The minimum absolute atomic E-state index is 0.155. The summed E-state index contributed by atoms with van der Waals surface area (Å²) < 4.78 is 0. The Hall–Kier alpha value is -0.500. The quantitative estimate of drug-likeness (QED) is 0.547. The van der Waals surface area contributed by atoms with E-state index in [1.54, 1.807) is 0 Å². The molecule has 2 heteroatoms. The van der Waals surface area contributed by atoms with Crippen LogP contribution in [0.25, 0.3) is 0 Å². The van der Waals surface area contributed by atoms with Crippen LogP contribution in [0.4, 0.5) is 0 Å². The molecule has 0 radical (unpaired) electrons. The molecular weight excluding hydrogens is 100 g/mol. The van der Waals surface area contributed by atoms with Crippen LogP contribution in [-0.4, -0.2) is 13.1 Å². The predicted octanol–water partition coefficient (Wildman–Crippen LogP) is 0.457. The SMILES string of the molecule is CNC(C)=CC(C)N. The van der Waals surface area contributed by atoms with Crippen LogP contribution in [0.15, 0.2) is 11.8 Å². The standard InChI is InChI=1S/C6H14N2/c1-5(7)4-6(2)8-3/h4-5,8H,7H2,1-3H3. The molecule has 1 atom stereocenters. The second-order valence-electron chi connectivity index (χ2n) is 1.96. The molecule has 0 aliphatic heterocycles. The van der Waals surface area contributed by atoms with Crippen molar-refractivity contribution in [2.24, 2.45) is 5.73 Å². The lowest BCUT2D eigenvalue weighted by Gasteiger charge is -2.00. The van der Waals surface area contributed by atoms with Crippen molar-refractivity contribution in [3.8, 4) is 0 Å². The van der Waals surface area contributed by atoms with Crippen molar-refractivity contribution in [1.29, 1.82) is 0 Å². The van der Waals surface area contributed by atoms with E-state index in [4.69, 9.17) is 5.73 Å². The first-order chi connectivity index (χ1) is 3.66. The van der Waals surface area contributed by atoms with Crippen LogP contribution < -0.4 is 11.1 Å². The average Bonchev–Trinajstić information content (AvgIpc) is 1.65. The second-order valence-corrected chi connectivity index (χ2v) is 1.96. The third-order valence-corrected chi connectivity index (χ3v) is 0.907. The van der Waals surface area contributed by atoms with Gasteiger partial charge in [-0.05, 0) is 19.9 Å². The Morgan fingerprint density at radius 3 is 2.38 bits per heavy atom. The minimum Gasteiger partial charge on any atom is -0.392 e. The van der Waals surface area contributed by atoms with E-state index in [2.05, 4.69) is 5.32 Å². The molecule has 0 aliphatic rings. The summed E-state index contributed by atoms with van der Waals surface area (Å²) in [6.45, 7) is 3.93. The summed E-state index contributed by atoms with van der Waals surface area (Å²) in [6, 6.07) is 0.155. The fourth-order valence-corrected chi connectivity index (χ4v) is 0.478. The molecule has 1 unspecified atom stereocenters. The van der Waals surface area contributed by atoms with Crippen molar-refractivity contribution < 1.29 is 0 Å². The van der Waals surface area contributed by atoms with Gasteiger partial charge >= 0.3 is 0 Å². The third kappa shape index (κ3) is 3.68. The highest BCUT2D eigenvalue weighted by molar-refractivity contribution is 4.98. The Morgan fingerprint density at radius 1 is 1.75 bits per heavy atom. The van der Waals surface area contributed by atoms with Gasteiger partial charge < -0.3 is 11.1 Å². The molecule has 8 heavy (non-hydrogen) atoms. The minimum atomic E-state index is 0.155. The number of nitrogens with two attached hydrogens (primary N) is 1. The number of allylic oxidation sites excluding steroid dienone is 1. The van der Waals surface area contributed by atoms with Crippen molar-refractivity contribution in [2.45, 2.75) is 19.9 Å². The fourth-order valence-electron chi connectivity index (χ4n) is 0.478. The molecule has 48 valence electrons. The molecule has 0 aromatic rings. The molecule has 0 spiro atoms. The summed E-state index contributed by atoms with van der Waals surface area (Å²) >= 11 is 0. The smallest absolute Gasteiger partial charge is 0.0214 e. The molecule has 3 N–H and O–H groups in total. The van der Waals surface area contributed by atoms with E-state index in [0.717, 1.165) is 5.70 Å². The van der Waals surface area contributed by atoms with Crippen LogP contribution in [0.2, 0.25) is 0 Å². The summed E-state index contributed by atoms with van der Waals surface area (Å²) in [4.78, 5) is 0. The van der Waals surface area contributed by atoms with Crippen molar-refractivity contribution in [3.63, 3.8) is 0 Å². The van der Waals surface area contributed by atoms with Gasteiger partial charge in [0, 0.05) is 18.8 Å². The lowest BCUT2D eigenvalue weighted by Crippen LogP contribution is -2.14. The molecule has 0 heterocycles. The number of hydrogen-bond acceptors (Lipinski definition) is 2. The van der Waals surface area contributed by atoms with Crippen molar-refractivity contribution in [1.82, 2.24) is 5.32 Å². The molecule has 0 bridgehead atoms. The normalized spacial score (nSPS) is 15.8. The maximum absolute atomic E-state index is 5.45. The topological polar surface area (TPSA) is 38.0 Å². The first-order valence-corrected chi connectivity index (χ1v) is 2.78. The van der Waals surface area contributed by atoms with Gasteiger partial charge in [-0.3, -0.25) is 0 Å². The van der Waals surface area contributed by atoms with Crippen molar-refractivity contribution >= 4 is 0 Å². The predicted molar refractivity (Wildman–Crippen MR) is 36.5 cm³/mol. The van der Waals surface area contributed by atoms with E-state index in [0.29, 0.717) is 0 Å². The van der Waals surface area contributed by atoms with Gasteiger partial charge in [0.15, 0.2) is 0 Å². The molecule has 2 nitrogen and oxygen atoms in total. The monoisotopic (exact) mass is 114 g/mol. The van der Waals surface area contributed by atoms with E-state index >= 15 is 0 Å². The molecule has 0 aromatic heterocycles. The number of nitrogens with one attached hydrogen (secondary N) is 1. The largest absolute Gasteiger partial charge is 0.392 e. The van der Waals surface area contributed by atoms with Crippen LogP contribution >= 0.6 is 0 Å². The number of hydrogen-bond donors (Lipinski definition) is 2. The Balaban J connectivity index is 3.56. The fraction of sp³-hybridized carbons (Fsp3) is 0.667. The van der Waals surface area contributed by atoms with E-state index < -0.39 is 0 Å². The van der Waals surface area contributed by atoms with Crippen molar-refractivity contribution in [2.75, 3.05) is 7.05 Å². The maximum atomic E-state index is 5.45. The van der Waals surface area contributed by atoms with Gasteiger partial charge in [-0.15, -0.1) is 0 Å². The van der Waals surface area contributed by atoms with E-state index in [1.807, 2.05) is 27.0 Å². The lowest BCUT2D eigenvalue weighted by atomic mass is 10.3. The second kappa shape index (κ2) is 3.50. The highest BCUT2D eigenvalue weighted by Crippen LogP contribution is 1.85. The summed E-state index contributed by atoms with van der Waals surface area (Å²) in [7, 11) is 1.88. The van der Waals surface area contributed by atoms with Crippen LogP contribution in [0, 0.1) is 0 Å². The van der Waals surface area contributed by atoms with Crippen LogP contribution in [-0.2, 0) is 0 Å². The first kappa shape index (κ1) is 7.50. The molecule has 0 amide bonds. The molecule has 0 aromatic carbocycles. The van der Waals surface area contributed by atoms with Crippen molar-refractivity contribution in [3.05, 3.63) is 11.8 Å². The molecule has 0 saturated carbocycles. The van der Waals surface area contributed by atoms with E-state index in [1.165, 1.54) is 0 Å².